The van der Waals surface area contributed by atoms with Crippen molar-refractivity contribution in [2.75, 3.05) is 39.3 Å². The lowest BCUT2D eigenvalue weighted by molar-refractivity contribution is -0.132. The van der Waals surface area contributed by atoms with Crippen LogP contribution in [0, 0.1) is 0 Å². The summed E-state index contributed by atoms with van der Waals surface area (Å²) >= 11 is 1.40. The van der Waals surface area contributed by atoms with Gasteiger partial charge < -0.3 is 14.5 Å². The van der Waals surface area contributed by atoms with Gasteiger partial charge in [0.15, 0.2) is 0 Å². The summed E-state index contributed by atoms with van der Waals surface area (Å²) in [6.45, 7) is 4.21. The molecule has 30 heavy (non-hydrogen) atoms. The zero-order valence-corrected chi connectivity index (χ0v) is 18.4. The Hall–Kier alpha value is -2.43. The number of nitrogens with one attached hydrogen (secondary N) is 1. The van der Waals surface area contributed by atoms with Crippen LogP contribution in [0.25, 0.3) is 0 Å². The average molecular weight is 452 g/mol. The highest BCUT2D eigenvalue weighted by Gasteiger charge is 2.25. The average Bonchev–Trinajstić information content (AvgIpc) is 3.29. The number of ether oxygens (including phenoxy) is 1. The Morgan fingerprint density at radius 1 is 1.07 bits per heavy atom. The van der Waals surface area contributed by atoms with E-state index in [9.17, 15) is 18.0 Å². The molecule has 2 amide bonds. The van der Waals surface area contributed by atoms with E-state index in [-0.39, 0.29) is 29.7 Å². The first kappa shape index (κ1) is 22.3. The molecule has 3 rings (SSSR count). The number of nitrogens with zero attached hydrogens (tertiary/aromatic N) is 2. The first-order valence-electron chi connectivity index (χ1n) is 9.74. The van der Waals surface area contributed by atoms with Gasteiger partial charge in [-0.25, -0.2) is 13.1 Å². The van der Waals surface area contributed by atoms with Crippen molar-refractivity contribution in [3.63, 3.8) is 0 Å². The van der Waals surface area contributed by atoms with Gasteiger partial charge in [0.1, 0.15) is 5.75 Å². The molecule has 0 bridgehead atoms. The maximum Gasteiger partial charge on any atom is 0.264 e. The molecule has 0 aliphatic carbocycles. The Balaban J connectivity index is 1.44. The molecule has 1 aromatic carbocycles. The summed E-state index contributed by atoms with van der Waals surface area (Å²) in [7, 11) is -3.69. The Kier molecular flexibility index (Phi) is 7.46. The zero-order chi connectivity index (χ0) is 21.6. The second-order valence-corrected chi connectivity index (χ2v) is 9.42. The number of amides is 2. The summed E-state index contributed by atoms with van der Waals surface area (Å²) in [6.07, 6.45) is 0.0646. The molecule has 0 atom stereocenters. The molecule has 0 unspecified atom stereocenters. The Bertz CT molecular complexity index is 951. The van der Waals surface area contributed by atoms with Crippen LogP contribution in [0.1, 0.15) is 23.0 Å². The van der Waals surface area contributed by atoms with Crippen molar-refractivity contribution in [2.45, 2.75) is 18.2 Å². The molecule has 1 fully saturated rings. The summed E-state index contributed by atoms with van der Waals surface area (Å²) in [4.78, 5) is 29.0. The smallest absolute Gasteiger partial charge is 0.264 e. The van der Waals surface area contributed by atoms with Crippen molar-refractivity contribution in [1.82, 2.24) is 14.5 Å². The predicted molar refractivity (Wildman–Crippen MR) is 114 cm³/mol. The van der Waals surface area contributed by atoms with Crippen molar-refractivity contribution < 1.29 is 22.7 Å². The second-order valence-electron chi connectivity index (χ2n) is 6.70. The molecular formula is C20H25N3O5S2. The summed E-state index contributed by atoms with van der Waals surface area (Å²) in [5, 5.41) is 1.86. The van der Waals surface area contributed by atoms with Crippen LogP contribution < -0.4 is 9.46 Å². The number of benzene rings is 1. The van der Waals surface area contributed by atoms with Gasteiger partial charge in [0.2, 0.25) is 15.9 Å². The Labute approximate surface area is 180 Å². The number of carbonyl (C=O) groups excluding carboxylic acids is 2. The monoisotopic (exact) mass is 451 g/mol. The highest BCUT2D eigenvalue weighted by molar-refractivity contribution is 7.89. The minimum absolute atomic E-state index is 0.0137. The molecule has 1 aliphatic rings. The van der Waals surface area contributed by atoms with E-state index in [0.717, 1.165) is 0 Å². The third-order valence-electron chi connectivity index (χ3n) is 4.73. The van der Waals surface area contributed by atoms with Crippen molar-refractivity contribution in [1.29, 1.82) is 0 Å². The largest absolute Gasteiger partial charge is 0.494 e. The van der Waals surface area contributed by atoms with E-state index >= 15 is 0 Å². The molecule has 2 heterocycles. The molecule has 1 aliphatic heterocycles. The van der Waals surface area contributed by atoms with Gasteiger partial charge in [0.25, 0.3) is 5.91 Å². The van der Waals surface area contributed by atoms with Gasteiger partial charge in [0.05, 0.1) is 16.4 Å². The van der Waals surface area contributed by atoms with Crippen molar-refractivity contribution in [3.05, 3.63) is 46.7 Å². The van der Waals surface area contributed by atoms with E-state index in [1.165, 1.54) is 23.5 Å². The van der Waals surface area contributed by atoms with Crippen molar-refractivity contribution in [2.24, 2.45) is 0 Å². The lowest BCUT2D eigenvalue weighted by Gasteiger charge is -2.34. The number of thiophene rings is 1. The van der Waals surface area contributed by atoms with Crippen LogP contribution in [0.2, 0.25) is 0 Å². The maximum absolute atomic E-state index is 12.4. The fourth-order valence-electron chi connectivity index (χ4n) is 3.13. The van der Waals surface area contributed by atoms with Crippen LogP contribution in [-0.4, -0.2) is 69.4 Å². The summed E-state index contributed by atoms with van der Waals surface area (Å²) in [5.74, 6) is 0.455. The van der Waals surface area contributed by atoms with Crippen LogP contribution in [0.4, 0.5) is 0 Å². The topological polar surface area (TPSA) is 96.0 Å². The predicted octanol–water partition coefficient (Wildman–Crippen LogP) is 1.80. The van der Waals surface area contributed by atoms with Crippen LogP contribution in [-0.2, 0) is 14.8 Å². The van der Waals surface area contributed by atoms with Gasteiger partial charge in [-0.2, -0.15) is 0 Å². The van der Waals surface area contributed by atoms with Crippen LogP contribution in [0.15, 0.2) is 46.7 Å². The van der Waals surface area contributed by atoms with Gasteiger partial charge in [-0.15, -0.1) is 11.3 Å². The van der Waals surface area contributed by atoms with Crippen LogP contribution in [0.3, 0.4) is 0 Å². The van der Waals surface area contributed by atoms with E-state index in [2.05, 4.69) is 4.72 Å². The quantitative estimate of drug-likeness (QED) is 0.660. The van der Waals surface area contributed by atoms with E-state index in [1.54, 1.807) is 28.0 Å². The van der Waals surface area contributed by atoms with E-state index in [4.69, 9.17) is 4.74 Å². The van der Waals surface area contributed by atoms with Gasteiger partial charge in [-0.05, 0) is 42.6 Å². The molecule has 0 spiro atoms. The fraction of sp³-hybridized carbons (Fsp3) is 0.400. The van der Waals surface area contributed by atoms with Crippen molar-refractivity contribution >= 4 is 33.2 Å². The molecule has 1 N–H and O–H groups in total. The molecule has 0 saturated carbocycles. The number of carbonyl (C=O) groups is 2. The summed E-state index contributed by atoms with van der Waals surface area (Å²) in [5.41, 5.74) is 0. The number of rotatable bonds is 8. The van der Waals surface area contributed by atoms with Gasteiger partial charge in [-0.1, -0.05) is 6.07 Å². The molecule has 0 radical (unpaired) electrons. The Morgan fingerprint density at radius 3 is 2.33 bits per heavy atom. The van der Waals surface area contributed by atoms with E-state index in [0.29, 0.717) is 43.4 Å². The highest BCUT2D eigenvalue weighted by Crippen LogP contribution is 2.16. The number of hydrogen-bond donors (Lipinski definition) is 1. The number of hydrogen-bond acceptors (Lipinski definition) is 6. The Morgan fingerprint density at radius 2 is 1.73 bits per heavy atom. The molecule has 1 saturated heterocycles. The van der Waals surface area contributed by atoms with Crippen LogP contribution >= 0.6 is 11.3 Å². The standard InChI is InChI=1S/C20H25N3O5S2/c1-2-28-16-5-7-17(8-6-16)30(26,27)21-10-9-19(24)22-11-13-23(14-12-22)20(25)18-4-3-15-29-18/h3-8,15,21H,2,9-14H2,1H3. The lowest BCUT2D eigenvalue weighted by atomic mass is 10.2. The van der Waals surface area contributed by atoms with Gasteiger partial charge in [-0.3, -0.25) is 9.59 Å². The first-order valence-corrected chi connectivity index (χ1v) is 12.1. The molecule has 1 aromatic heterocycles. The number of piperazine rings is 1. The minimum atomic E-state index is -3.69. The molecular weight excluding hydrogens is 426 g/mol. The molecule has 2 aromatic rings. The van der Waals surface area contributed by atoms with Crippen molar-refractivity contribution in [3.8, 4) is 5.75 Å². The van der Waals surface area contributed by atoms with E-state index < -0.39 is 10.0 Å². The first-order chi connectivity index (χ1) is 14.4. The normalized spacial score (nSPS) is 14.6. The molecule has 10 heteroatoms. The number of sulfonamides is 1. The van der Waals surface area contributed by atoms with E-state index in [1.807, 2.05) is 18.4 Å². The second kappa shape index (κ2) is 10.1. The molecule has 162 valence electrons. The van der Waals surface area contributed by atoms with Gasteiger partial charge in [0, 0.05) is 39.1 Å². The fourth-order valence-corrected chi connectivity index (χ4v) is 4.85. The SMILES string of the molecule is CCOc1ccc(S(=O)(=O)NCCC(=O)N2CCN(C(=O)c3cccs3)CC2)cc1. The third-order valence-corrected chi connectivity index (χ3v) is 7.06. The lowest BCUT2D eigenvalue weighted by Crippen LogP contribution is -2.50. The molecule has 8 nitrogen and oxygen atoms in total. The zero-order valence-electron chi connectivity index (χ0n) is 16.7. The highest BCUT2D eigenvalue weighted by atomic mass is 32.2. The van der Waals surface area contributed by atoms with Crippen LogP contribution in [0.5, 0.6) is 5.75 Å². The third kappa shape index (κ3) is 5.59. The summed E-state index contributed by atoms with van der Waals surface area (Å²) < 4.78 is 32.5. The maximum atomic E-state index is 12.4. The van der Waals surface area contributed by atoms with Gasteiger partial charge >= 0.3 is 0 Å². The summed E-state index contributed by atoms with van der Waals surface area (Å²) in [6, 6.07) is 9.77. The minimum Gasteiger partial charge on any atom is -0.494 e.